The fourth-order valence-electron chi connectivity index (χ4n) is 0.463. The molecule has 0 aliphatic carbocycles. The minimum absolute atomic E-state index is 0.808. The normalized spacial score (nSPS) is 8.22. The summed E-state index contributed by atoms with van der Waals surface area (Å²) in [5.41, 5.74) is 1.73. The van der Waals surface area contributed by atoms with Gasteiger partial charge >= 0.3 is 0 Å². The van der Waals surface area contributed by atoms with Crippen LogP contribution < -0.4 is 0 Å². The number of aromatic nitrogens is 2. The lowest BCUT2D eigenvalue weighted by Crippen LogP contribution is -1.76. The molecule has 0 saturated carbocycles. The lowest BCUT2D eigenvalue weighted by Gasteiger charge is -1.76. The Kier molecular flexibility index (Phi) is 1.81. The molecule has 0 unspecified atom stereocenters. The average Bonchev–Trinajstić information content (AvgIpc) is 2.18. The molecular weight excluding hydrogens is 132 g/mol. The van der Waals surface area contributed by atoms with Crippen LogP contribution in [-0.2, 0) is 0 Å². The van der Waals surface area contributed by atoms with E-state index in [1.54, 1.807) is 6.92 Å². The molecule has 1 aromatic rings. The van der Waals surface area contributed by atoms with Gasteiger partial charge in [0.2, 0.25) is 0 Å². The topological polar surface area (TPSA) is 25.8 Å². The largest absolute Gasteiger partial charge is 0.177 e. The van der Waals surface area contributed by atoms with Gasteiger partial charge in [0, 0.05) is 0 Å². The van der Waals surface area contributed by atoms with Crippen LogP contribution in [0.2, 0.25) is 0 Å². The molecule has 46 valence electrons. The fourth-order valence-corrected chi connectivity index (χ4v) is 0.973. The van der Waals surface area contributed by atoms with Crippen molar-refractivity contribution >= 4 is 11.7 Å². The molecule has 3 heteroatoms. The van der Waals surface area contributed by atoms with Crippen LogP contribution in [0.1, 0.15) is 18.3 Å². The molecule has 0 radical (unpaired) electrons. The second-order valence-corrected chi connectivity index (χ2v) is 2.10. The molecule has 0 N–H and O–H groups in total. The van der Waals surface area contributed by atoms with E-state index in [4.69, 9.17) is 0 Å². The van der Waals surface area contributed by atoms with Gasteiger partial charge in [-0.1, -0.05) is 5.92 Å². The van der Waals surface area contributed by atoms with Crippen LogP contribution in [-0.4, -0.2) is 8.75 Å². The highest BCUT2D eigenvalue weighted by Crippen LogP contribution is 2.00. The number of rotatable bonds is 0. The van der Waals surface area contributed by atoms with E-state index in [1.165, 1.54) is 11.7 Å². The summed E-state index contributed by atoms with van der Waals surface area (Å²) in [4.78, 5) is 0. The van der Waals surface area contributed by atoms with Gasteiger partial charge < -0.3 is 0 Å². The van der Waals surface area contributed by atoms with Gasteiger partial charge in [-0.15, -0.1) is 0 Å². The highest BCUT2D eigenvalue weighted by atomic mass is 32.1. The summed E-state index contributed by atoms with van der Waals surface area (Å²) >= 11 is 1.20. The Labute approximate surface area is 58.3 Å². The lowest BCUT2D eigenvalue weighted by molar-refractivity contribution is 1.29. The summed E-state index contributed by atoms with van der Waals surface area (Å²) in [5.74, 6) is 5.61. The van der Waals surface area contributed by atoms with E-state index in [9.17, 15) is 0 Å². The summed E-state index contributed by atoms with van der Waals surface area (Å²) in [6, 6.07) is 0. The van der Waals surface area contributed by atoms with Crippen LogP contribution >= 0.6 is 11.7 Å². The second-order valence-electron chi connectivity index (χ2n) is 1.57. The van der Waals surface area contributed by atoms with Gasteiger partial charge in [-0.2, -0.15) is 8.75 Å². The SMILES string of the molecule is CC#Cc1nsnc1C. The molecule has 0 amide bonds. The molecular formula is C6H6N2S. The Morgan fingerprint density at radius 2 is 2.22 bits per heavy atom. The first-order valence-corrected chi connectivity index (χ1v) is 3.29. The van der Waals surface area contributed by atoms with Crippen LogP contribution in [0.3, 0.4) is 0 Å². The van der Waals surface area contributed by atoms with Crippen molar-refractivity contribution in [3.05, 3.63) is 11.4 Å². The third kappa shape index (κ3) is 1.27. The van der Waals surface area contributed by atoms with E-state index in [2.05, 4.69) is 20.6 Å². The Morgan fingerprint density at radius 1 is 1.44 bits per heavy atom. The number of hydrogen-bond acceptors (Lipinski definition) is 3. The van der Waals surface area contributed by atoms with Crippen LogP contribution in [0.15, 0.2) is 0 Å². The highest BCUT2D eigenvalue weighted by molar-refractivity contribution is 6.99. The zero-order valence-corrected chi connectivity index (χ0v) is 6.12. The van der Waals surface area contributed by atoms with Crippen LogP contribution in [0.4, 0.5) is 0 Å². The maximum Gasteiger partial charge on any atom is 0.150 e. The Morgan fingerprint density at radius 3 is 2.67 bits per heavy atom. The molecule has 0 aliphatic heterocycles. The minimum Gasteiger partial charge on any atom is -0.177 e. The molecule has 9 heavy (non-hydrogen) atoms. The zero-order chi connectivity index (χ0) is 6.69. The first-order chi connectivity index (χ1) is 4.34. The quantitative estimate of drug-likeness (QED) is 0.504. The van der Waals surface area contributed by atoms with E-state index < -0.39 is 0 Å². The van der Waals surface area contributed by atoms with Gasteiger partial charge in [-0.25, -0.2) is 0 Å². The molecule has 0 atom stereocenters. The van der Waals surface area contributed by atoms with Gasteiger partial charge in [-0.3, -0.25) is 0 Å². The lowest BCUT2D eigenvalue weighted by atomic mass is 10.3. The van der Waals surface area contributed by atoms with Crippen molar-refractivity contribution in [1.82, 2.24) is 8.75 Å². The number of aryl methyl sites for hydroxylation is 1. The molecule has 0 aliphatic rings. The van der Waals surface area contributed by atoms with Crippen molar-refractivity contribution in [2.24, 2.45) is 0 Å². The van der Waals surface area contributed by atoms with Crippen molar-refractivity contribution in [1.29, 1.82) is 0 Å². The molecule has 1 heterocycles. The van der Waals surface area contributed by atoms with Crippen LogP contribution in [0.25, 0.3) is 0 Å². The minimum atomic E-state index is 0.808. The van der Waals surface area contributed by atoms with Crippen LogP contribution in [0, 0.1) is 18.8 Å². The summed E-state index contributed by atoms with van der Waals surface area (Å²) in [5, 5.41) is 0. The van der Waals surface area contributed by atoms with E-state index >= 15 is 0 Å². The summed E-state index contributed by atoms with van der Waals surface area (Å²) in [6.45, 7) is 3.70. The van der Waals surface area contributed by atoms with Gasteiger partial charge in [0.25, 0.3) is 0 Å². The maximum absolute atomic E-state index is 3.96. The van der Waals surface area contributed by atoms with Crippen molar-refractivity contribution < 1.29 is 0 Å². The molecule has 1 aromatic heterocycles. The zero-order valence-electron chi connectivity index (χ0n) is 5.30. The maximum atomic E-state index is 3.96. The van der Waals surface area contributed by atoms with Crippen molar-refractivity contribution in [3.63, 3.8) is 0 Å². The highest BCUT2D eigenvalue weighted by Gasteiger charge is 1.95. The van der Waals surface area contributed by atoms with Crippen LogP contribution in [0.5, 0.6) is 0 Å². The van der Waals surface area contributed by atoms with Gasteiger partial charge in [-0.05, 0) is 19.8 Å². The summed E-state index contributed by atoms with van der Waals surface area (Å²) in [7, 11) is 0. The van der Waals surface area contributed by atoms with Crippen molar-refractivity contribution in [3.8, 4) is 11.8 Å². The number of nitrogens with zero attached hydrogens (tertiary/aromatic N) is 2. The summed E-state index contributed by atoms with van der Waals surface area (Å²) in [6.07, 6.45) is 0. The molecule has 0 fully saturated rings. The molecule has 1 rings (SSSR count). The van der Waals surface area contributed by atoms with E-state index in [0.717, 1.165) is 11.4 Å². The number of hydrogen-bond donors (Lipinski definition) is 0. The molecule has 0 spiro atoms. The van der Waals surface area contributed by atoms with Gasteiger partial charge in [0.05, 0.1) is 17.4 Å². The third-order valence-corrected chi connectivity index (χ3v) is 1.52. The summed E-state index contributed by atoms with van der Waals surface area (Å²) < 4.78 is 7.93. The van der Waals surface area contributed by atoms with Crippen molar-refractivity contribution in [2.75, 3.05) is 0 Å². The molecule has 0 bridgehead atoms. The van der Waals surface area contributed by atoms with Crippen molar-refractivity contribution in [2.45, 2.75) is 13.8 Å². The smallest absolute Gasteiger partial charge is 0.150 e. The van der Waals surface area contributed by atoms with E-state index in [0.29, 0.717) is 0 Å². The fraction of sp³-hybridized carbons (Fsp3) is 0.333. The Bertz CT molecular complexity index is 254. The standard InChI is InChI=1S/C6H6N2S/c1-3-4-6-5(2)7-9-8-6/h1-2H3. The van der Waals surface area contributed by atoms with E-state index in [-0.39, 0.29) is 0 Å². The van der Waals surface area contributed by atoms with Gasteiger partial charge in [0.15, 0.2) is 0 Å². The van der Waals surface area contributed by atoms with E-state index in [1.807, 2.05) is 6.92 Å². The van der Waals surface area contributed by atoms with Gasteiger partial charge in [0.1, 0.15) is 5.69 Å². The first kappa shape index (κ1) is 6.24. The predicted octanol–water partition coefficient (Wildman–Crippen LogP) is 1.22. The predicted molar refractivity (Wildman–Crippen MR) is 37.2 cm³/mol. The second kappa shape index (κ2) is 2.60. The average molecular weight is 138 g/mol. The third-order valence-electron chi connectivity index (χ3n) is 0.896. The molecule has 0 aromatic carbocycles. The Balaban J connectivity index is 3.03. The first-order valence-electron chi connectivity index (χ1n) is 2.56. The molecule has 0 saturated heterocycles. The Hall–Kier alpha value is -0.880. The molecule has 2 nitrogen and oxygen atoms in total. The monoisotopic (exact) mass is 138 g/mol.